The molecule has 0 aliphatic carbocycles. The van der Waals surface area contributed by atoms with Crippen LogP contribution in [0.5, 0.6) is 0 Å². The fourth-order valence-corrected chi connectivity index (χ4v) is 1.05. The summed E-state index contributed by atoms with van der Waals surface area (Å²) in [7, 11) is 0. The van der Waals surface area contributed by atoms with Crippen molar-refractivity contribution in [3.05, 3.63) is 42.0 Å². The zero-order chi connectivity index (χ0) is 8.81. The second kappa shape index (κ2) is 4.35. The van der Waals surface area contributed by atoms with Crippen LogP contribution in [-0.4, -0.2) is 0 Å². The third-order valence-corrected chi connectivity index (χ3v) is 1.61. The maximum Gasteiger partial charge on any atom is 0.0994 e. The molecule has 1 aromatic rings. The summed E-state index contributed by atoms with van der Waals surface area (Å²) in [6.07, 6.45) is 2.84. The fourth-order valence-electron chi connectivity index (χ4n) is 1.05. The maximum absolute atomic E-state index is 8.79. The molecule has 0 aliphatic rings. The van der Waals surface area contributed by atoms with Crippen LogP contribution in [0.15, 0.2) is 36.4 Å². The Morgan fingerprint density at radius 2 is 2.08 bits per heavy atom. The van der Waals surface area contributed by atoms with Gasteiger partial charge in [0.05, 0.1) is 11.6 Å². The minimum absolute atomic E-state index is 0.762. The molecule has 1 heteroatoms. The topological polar surface area (TPSA) is 23.8 Å². The highest BCUT2D eigenvalue weighted by molar-refractivity contribution is 5.76. The third kappa shape index (κ3) is 1.96. The molecular formula is C11H11N. The Balaban J connectivity index is 2.98. The van der Waals surface area contributed by atoms with Crippen LogP contribution in [0, 0.1) is 11.3 Å². The molecule has 0 spiro atoms. The van der Waals surface area contributed by atoms with Gasteiger partial charge in [-0.1, -0.05) is 43.3 Å². The van der Waals surface area contributed by atoms with Gasteiger partial charge in [0.15, 0.2) is 0 Å². The van der Waals surface area contributed by atoms with Crippen LogP contribution in [-0.2, 0) is 0 Å². The van der Waals surface area contributed by atoms with E-state index in [-0.39, 0.29) is 0 Å². The zero-order valence-electron chi connectivity index (χ0n) is 7.12. The van der Waals surface area contributed by atoms with E-state index < -0.39 is 0 Å². The van der Waals surface area contributed by atoms with Crippen molar-refractivity contribution >= 4 is 5.57 Å². The standard InChI is InChI=1S/C11H11N/c1-2-6-11(9-12)10-7-4-3-5-8-10/h3-8H,2H2,1H3/b11-6+. The molecule has 1 rings (SSSR count). The van der Waals surface area contributed by atoms with Crippen LogP contribution in [0.1, 0.15) is 18.9 Å². The molecule has 0 heterocycles. The molecule has 12 heavy (non-hydrogen) atoms. The Bertz CT molecular complexity index is 304. The maximum atomic E-state index is 8.79. The number of nitrogens with zero attached hydrogens (tertiary/aromatic N) is 1. The lowest BCUT2D eigenvalue weighted by Crippen LogP contribution is -1.78. The van der Waals surface area contributed by atoms with Gasteiger partial charge in [0, 0.05) is 0 Å². The molecule has 0 bridgehead atoms. The lowest BCUT2D eigenvalue weighted by molar-refractivity contribution is 1.23. The van der Waals surface area contributed by atoms with Gasteiger partial charge in [0.2, 0.25) is 0 Å². The first-order valence-electron chi connectivity index (χ1n) is 4.04. The second-order valence-electron chi connectivity index (χ2n) is 2.50. The number of allylic oxidation sites excluding steroid dienone is 2. The normalized spacial score (nSPS) is 10.8. The van der Waals surface area contributed by atoms with Crippen LogP contribution in [0.3, 0.4) is 0 Å². The van der Waals surface area contributed by atoms with E-state index in [4.69, 9.17) is 5.26 Å². The Kier molecular flexibility index (Phi) is 3.10. The van der Waals surface area contributed by atoms with Gasteiger partial charge in [0.25, 0.3) is 0 Å². The summed E-state index contributed by atoms with van der Waals surface area (Å²) in [4.78, 5) is 0. The fraction of sp³-hybridized carbons (Fsp3) is 0.182. The summed E-state index contributed by atoms with van der Waals surface area (Å²) < 4.78 is 0. The van der Waals surface area contributed by atoms with E-state index in [1.807, 2.05) is 43.3 Å². The lowest BCUT2D eigenvalue weighted by Gasteiger charge is -1.95. The van der Waals surface area contributed by atoms with Gasteiger partial charge in [-0.2, -0.15) is 5.26 Å². The molecule has 0 aliphatic heterocycles. The van der Waals surface area contributed by atoms with Crippen molar-refractivity contribution in [3.8, 4) is 6.07 Å². The number of benzene rings is 1. The first-order valence-corrected chi connectivity index (χ1v) is 4.04. The molecule has 0 saturated heterocycles. The smallest absolute Gasteiger partial charge is 0.0994 e. The van der Waals surface area contributed by atoms with Gasteiger partial charge in [-0.05, 0) is 12.0 Å². The summed E-state index contributed by atoms with van der Waals surface area (Å²) in [5, 5.41) is 8.79. The molecule has 0 radical (unpaired) electrons. The monoisotopic (exact) mass is 157 g/mol. The molecule has 1 nitrogen and oxygen atoms in total. The zero-order valence-corrected chi connectivity index (χ0v) is 7.12. The van der Waals surface area contributed by atoms with Gasteiger partial charge in [0.1, 0.15) is 0 Å². The van der Waals surface area contributed by atoms with E-state index in [9.17, 15) is 0 Å². The number of hydrogen-bond donors (Lipinski definition) is 0. The number of hydrogen-bond acceptors (Lipinski definition) is 1. The molecular weight excluding hydrogens is 146 g/mol. The van der Waals surface area contributed by atoms with E-state index in [0.717, 1.165) is 17.6 Å². The third-order valence-electron chi connectivity index (χ3n) is 1.61. The van der Waals surface area contributed by atoms with E-state index in [1.54, 1.807) is 0 Å². The number of rotatable bonds is 2. The van der Waals surface area contributed by atoms with Crippen LogP contribution in [0.4, 0.5) is 0 Å². The van der Waals surface area contributed by atoms with Crippen molar-refractivity contribution in [3.63, 3.8) is 0 Å². The minimum atomic E-state index is 0.762. The first-order chi connectivity index (χ1) is 5.88. The first kappa shape index (κ1) is 8.55. The summed E-state index contributed by atoms with van der Waals surface area (Å²) in [6, 6.07) is 11.9. The highest BCUT2D eigenvalue weighted by Gasteiger charge is 1.96. The van der Waals surface area contributed by atoms with Gasteiger partial charge in [-0.25, -0.2) is 0 Å². The van der Waals surface area contributed by atoms with Gasteiger partial charge >= 0.3 is 0 Å². The average Bonchev–Trinajstić information content (AvgIpc) is 2.15. The predicted molar refractivity (Wildman–Crippen MR) is 50.3 cm³/mol. The molecule has 0 fully saturated rings. The SMILES string of the molecule is CC/C=C(\C#N)c1ccccc1. The van der Waals surface area contributed by atoms with Crippen LogP contribution in [0.25, 0.3) is 5.57 Å². The van der Waals surface area contributed by atoms with Crippen molar-refractivity contribution in [2.24, 2.45) is 0 Å². The van der Waals surface area contributed by atoms with Crippen LogP contribution < -0.4 is 0 Å². The molecule has 0 aromatic heterocycles. The highest BCUT2D eigenvalue weighted by Crippen LogP contribution is 2.12. The van der Waals surface area contributed by atoms with Gasteiger partial charge in [-0.15, -0.1) is 0 Å². The van der Waals surface area contributed by atoms with Crippen LogP contribution >= 0.6 is 0 Å². The summed E-state index contributed by atoms with van der Waals surface area (Å²) in [6.45, 7) is 2.03. The second-order valence-corrected chi connectivity index (χ2v) is 2.50. The number of nitriles is 1. The summed E-state index contributed by atoms with van der Waals surface area (Å²) in [5.41, 5.74) is 1.76. The molecule has 60 valence electrons. The molecule has 0 atom stereocenters. The van der Waals surface area contributed by atoms with E-state index in [0.29, 0.717) is 0 Å². The largest absolute Gasteiger partial charge is 0.192 e. The Morgan fingerprint density at radius 3 is 2.58 bits per heavy atom. The van der Waals surface area contributed by atoms with E-state index in [2.05, 4.69) is 6.07 Å². The average molecular weight is 157 g/mol. The lowest BCUT2D eigenvalue weighted by atomic mass is 10.1. The van der Waals surface area contributed by atoms with Gasteiger partial charge < -0.3 is 0 Å². The Hall–Kier alpha value is -1.55. The van der Waals surface area contributed by atoms with Crippen molar-refractivity contribution < 1.29 is 0 Å². The summed E-state index contributed by atoms with van der Waals surface area (Å²) in [5.74, 6) is 0. The van der Waals surface area contributed by atoms with Crippen LogP contribution in [0.2, 0.25) is 0 Å². The molecule has 0 saturated carbocycles. The Labute approximate surface area is 73.0 Å². The van der Waals surface area contributed by atoms with E-state index >= 15 is 0 Å². The summed E-state index contributed by atoms with van der Waals surface area (Å²) >= 11 is 0. The highest BCUT2D eigenvalue weighted by atomic mass is 14.2. The Morgan fingerprint density at radius 1 is 1.42 bits per heavy atom. The minimum Gasteiger partial charge on any atom is -0.192 e. The van der Waals surface area contributed by atoms with E-state index in [1.165, 1.54) is 0 Å². The molecule has 1 aromatic carbocycles. The molecule has 0 amide bonds. The van der Waals surface area contributed by atoms with Crippen molar-refractivity contribution in [1.82, 2.24) is 0 Å². The van der Waals surface area contributed by atoms with Crippen molar-refractivity contribution in [1.29, 1.82) is 5.26 Å². The van der Waals surface area contributed by atoms with Gasteiger partial charge in [-0.3, -0.25) is 0 Å². The van der Waals surface area contributed by atoms with Crippen molar-refractivity contribution in [2.75, 3.05) is 0 Å². The quantitative estimate of drug-likeness (QED) is 0.605. The molecule has 0 N–H and O–H groups in total. The predicted octanol–water partition coefficient (Wildman–Crippen LogP) is 3.00. The molecule has 0 unspecified atom stereocenters. The van der Waals surface area contributed by atoms with Crippen molar-refractivity contribution in [2.45, 2.75) is 13.3 Å².